The van der Waals surface area contributed by atoms with E-state index in [9.17, 15) is 0 Å². The minimum absolute atomic E-state index is 0.478. The van der Waals surface area contributed by atoms with Crippen LogP contribution in [0.1, 0.15) is 30.8 Å². The van der Waals surface area contributed by atoms with Crippen LogP contribution in [-0.2, 0) is 19.4 Å². The maximum atomic E-state index is 4.64. The van der Waals surface area contributed by atoms with E-state index in [4.69, 9.17) is 0 Å². The van der Waals surface area contributed by atoms with Crippen LogP contribution in [0.3, 0.4) is 0 Å². The summed E-state index contributed by atoms with van der Waals surface area (Å²) in [4.78, 5) is 4.64. The summed E-state index contributed by atoms with van der Waals surface area (Å²) in [6.45, 7) is 6.36. The minimum Gasteiger partial charge on any atom is -0.357 e. The zero-order valence-corrected chi connectivity index (χ0v) is 15.4. The van der Waals surface area contributed by atoms with Crippen molar-refractivity contribution in [1.82, 2.24) is 25.2 Å². The second-order valence-corrected chi connectivity index (χ2v) is 6.09. The Hall–Kier alpha value is -2.89. The number of fused-ring (bicyclic) bond motifs is 1. The van der Waals surface area contributed by atoms with Gasteiger partial charge < -0.3 is 10.6 Å². The predicted octanol–water partition coefficient (Wildman–Crippen LogP) is 2.59. The van der Waals surface area contributed by atoms with E-state index in [0.717, 1.165) is 43.4 Å². The summed E-state index contributed by atoms with van der Waals surface area (Å²) >= 11 is 0. The molecule has 0 spiro atoms. The highest BCUT2D eigenvalue weighted by Gasteiger charge is 2.04. The van der Waals surface area contributed by atoms with Gasteiger partial charge in [0.2, 0.25) is 0 Å². The number of hydrogen-bond acceptors (Lipinski definition) is 3. The molecule has 0 aliphatic heterocycles. The van der Waals surface area contributed by atoms with Gasteiger partial charge in [0.25, 0.3) is 0 Å². The Labute approximate surface area is 154 Å². The van der Waals surface area contributed by atoms with Gasteiger partial charge in [-0.05, 0) is 43.0 Å². The molecule has 0 amide bonds. The average molecular weight is 350 g/mol. The largest absolute Gasteiger partial charge is 0.357 e. The molecule has 6 nitrogen and oxygen atoms in total. The maximum absolute atomic E-state index is 4.64. The summed E-state index contributed by atoms with van der Waals surface area (Å²) in [6.07, 6.45) is 4.00. The molecule has 0 aliphatic rings. The molecule has 0 bridgehead atoms. The molecule has 0 atom stereocenters. The van der Waals surface area contributed by atoms with Gasteiger partial charge in [-0.25, -0.2) is 4.99 Å². The van der Waals surface area contributed by atoms with Crippen LogP contribution in [0.25, 0.3) is 5.65 Å². The molecule has 0 unspecified atom stereocenters. The van der Waals surface area contributed by atoms with Gasteiger partial charge in [-0.15, -0.1) is 10.2 Å². The number of benzene rings is 1. The molecule has 136 valence electrons. The van der Waals surface area contributed by atoms with Crippen molar-refractivity contribution in [3.05, 3.63) is 65.6 Å². The Morgan fingerprint density at radius 2 is 1.81 bits per heavy atom. The van der Waals surface area contributed by atoms with Crippen LogP contribution < -0.4 is 10.6 Å². The van der Waals surface area contributed by atoms with Gasteiger partial charge in [-0.2, -0.15) is 0 Å². The van der Waals surface area contributed by atoms with Crippen molar-refractivity contribution < 1.29 is 0 Å². The topological polar surface area (TPSA) is 66.6 Å². The molecule has 3 rings (SSSR count). The van der Waals surface area contributed by atoms with Gasteiger partial charge in [-0.1, -0.05) is 37.3 Å². The minimum atomic E-state index is 0.478. The van der Waals surface area contributed by atoms with Gasteiger partial charge in [0.05, 0.1) is 0 Å². The molecule has 0 saturated carbocycles. The fraction of sp³-hybridized carbons (Fsp3) is 0.350. The molecule has 0 saturated heterocycles. The lowest BCUT2D eigenvalue weighted by Gasteiger charge is -2.11. The molecule has 3 aromatic rings. The van der Waals surface area contributed by atoms with Gasteiger partial charge in [0.15, 0.2) is 17.4 Å². The summed E-state index contributed by atoms with van der Waals surface area (Å²) in [5, 5.41) is 15.1. The molecule has 26 heavy (non-hydrogen) atoms. The van der Waals surface area contributed by atoms with E-state index in [1.807, 2.05) is 28.8 Å². The smallest absolute Gasteiger partial charge is 0.191 e. The number of rotatable bonds is 7. The van der Waals surface area contributed by atoms with E-state index in [2.05, 4.69) is 63.9 Å². The first-order chi connectivity index (χ1) is 12.8. The second kappa shape index (κ2) is 8.99. The molecule has 0 aliphatic carbocycles. The quantitative estimate of drug-likeness (QED) is 0.508. The number of nitrogens with zero attached hydrogens (tertiary/aromatic N) is 4. The lowest BCUT2D eigenvalue weighted by Crippen LogP contribution is -2.38. The van der Waals surface area contributed by atoms with E-state index < -0.39 is 0 Å². The number of nitrogens with one attached hydrogen (secondary N) is 2. The highest BCUT2D eigenvalue weighted by Crippen LogP contribution is 2.06. The standard InChI is InChI=1S/C20H26N6/c1-3-16-8-10-17(11-9-16)12-13-22-20(21-4-2)23-15-19-25-24-18-7-5-6-14-26(18)19/h5-11,14H,3-4,12-13,15H2,1-2H3,(H2,21,22,23). The van der Waals surface area contributed by atoms with Gasteiger partial charge in [-0.3, -0.25) is 4.40 Å². The fourth-order valence-corrected chi connectivity index (χ4v) is 2.76. The number of aryl methyl sites for hydroxylation is 1. The summed E-state index contributed by atoms with van der Waals surface area (Å²) in [7, 11) is 0. The third-order valence-electron chi connectivity index (χ3n) is 4.24. The molecular weight excluding hydrogens is 324 g/mol. The molecule has 2 N–H and O–H groups in total. The number of hydrogen-bond donors (Lipinski definition) is 2. The van der Waals surface area contributed by atoms with Crippen molar-refractivity contribution in [2.45, 2.75) is 33.2 Å². The Morgan fingerprint density at radius 3 is 2.58 bits per heavy atom. The Kier molecular flexibility index (Phi) is 6.19. The van der Waals surface area contributed by atoms with Crippen LogP contribution in [0, 0.1) is 0 Å². The lowest BCUT2D eigenvalue weighted by atomic mass is 10.1. The summed E-state index contributed by atoms with van der Waals surface area (Å²) in [6, 6.07) is 14.7. The average Bonchev–Trinajstić information content (AvgIpc) is 3.10. The lowest BCUT2D eigenvalue weighted by molar-refractivity contribution is 0.787. The van der Waals surface area contributed by atoms with Gasteiger partial charge >= 0.3 is 0 Å². The van der Waals surface area contributed by atoms with E-state index in [1.54, 1.807) is 0 Å². The molecule has 0 fully saturated rings. The van der Waals surface area contributed by atoms with Crippen LogP contribution in [0.4, 0.5) is 0 Å². The highest BCUT2D eigenvalue weighted by atomic mass is 15.3. The van der Waals surface area contributed by atoms with E-state index in [-0.39, 0.29) is 0 Å². The first kappa shape index (κ1) is 17.9. The third-order valence-corrected chi connectivity index (χ3v) is 4.24. The first-order valence-electron chi connectivity index (χ1n) is 9.18. The number of guanidine groups is 1. The van der Waals surface area contributed by atoms with Crippen molar-refractivity contribution in [2.75, 3.05) is 13.1 Å². The van der Waals surface area contributed by atoms with Gasteiger partial charge in [0, 0.05) is 19.3 Å². The zero-order valence-electron chi connectivity index (χ0n) is 15.4. The van der Waals surface area contributed by atoms with E-state index in [0.29, 0.717) is 6.54 Å². The Balaban J connectivity index is 1.58. The first-order valence-corrected chi connectivity index (χ1v) is 9.18. The molecular formula is C20H26N6. The predicted molar refractivity (Wildman–Crippen MR) is 105 cm³/mol. The molecule has 1 aromatic carbocycles. The Morgan fingerprint density at radius 1 is 1.00 bits per heavy atom. The van der Waals surface area contributed by atoms with Crippen LogP contribution >= 0.6 is 0 Å². The monoisotopic (exact) mass is 350 g/mol. The van der Waals surface area contributed by atoms with Gasteiger partial charge in [0.1, 0.15) is 6.54 Å². The molecule has 0 radical (unpaired) electrons. The van der Waals surface area contributed by atoms with E-state index >= 15 is 0 Å². The molecule has 6 heteroatoms. The SMILES string of the molecule is CCNC(=NCc1nnc2ccccn12)NCCc1ccc(CC)cc1. The highest BCUT2D eigenvalue weighted by molar-refractivity contribution is 5.79. The van der Waals surface area contributed by atoms with Crippen molar-refractivity contribution in [2.24, 2.45) is 4.99 Å². The zero-order chi connectivity index (χ0) is 18.2. The number of aliphatic imine (C=N–C) groups is 1. The van der Waals surface area contributed by atoms with Crippen molar-refractivity contribution in [3.63, 3.8) is 0 Å². The summed E-state index contributed by atoms with van der Waals surface area (Å²) < 4.78 is 1.96. The molecule has 2 aromatic heterocycles. The van der Waals surface area contributed by atoms with Crippen LogP contribution in [0.5, 0.6) is 0 Å². The second-order valence-electron chi connectivity index (χ2n) is 6.09. The van der Waals surface area contributed by atoms with Crippen LogP contribution in [0.15, 0.2) is 53.7 Å². The normalized spacial score (nSPS) is 11.7. The summed E-state index contributed by atoms with van der Waals surface area (Å²) in [5.41, 5.74) is 3.54. The van der Waals surface area contributed by atoms with Crippen molar-refractivity contribution >= 4 is 11.6 Å². The third kappa shape index (κ3) is 4.59. The van der Waals surface area contributed by atoms with Crippen molar-refractivity contribution in [3.8, 4) is 0 Å². The Bertz CT molecular complexity index is 850. The van der Waals surface area contributed by atoms with E-state index in [1.165, 1.54) is 11.1 Å². The van der Waals surface area contributed by atoms with Crippen molar-refractivity contribution in [1.29, 1.82) is 0 Å². The summed E-state index contributed by atoms with van der Waals surface area (Å²) in [5.74, 6) is 1.62. The van der Waals surface area contributed by atoms with Crippen LogP contribution in [-0.4, -0.2) is 33.6 Å². The number of pyridine rings is 1. The molecule has 2 heterocycles. The maximum Gasteiger partial charge on any atom is 0.191 e. The number of aromatic nitrogens is 3. The fourth-order valence-electron chi connectivity index (χ4n) is 2.76. The van der Waals surface area contributed by atoms with Crippen LogP contribution in [0.2, 0.25) is 0 Å².